The van der Waals surface area contributed by atoms with Crippen LogP contribution >= 0.6 is 0 Å². The number of likely N-dealkylation sites (tertiary alicyclic amines) is 1. The van der Waals surface area contributed by atoms with Crippen LogP contribution in [0.5, 0.6) is 0 Å². The third kappa shape index (κ3) is 4.21. The second-order valence-corrected chi connectivity index (χ2v) is 6.54. The number of carbonyl (C=O) groups excluding carboxylic acids is 2. The molecule has 1 aromatic carbocycles. The molecule has 1 atom stereocenters. The maximum atomic E-state index is 13.6. The van der Waals surface area contributed by atoms with Crippen LogP contribution in [0.4, 0.5) is 10.2 Å². The summed E-state index contributed by atoms with van der Waals surface area (Å²) in [6.07, 6.45) is 3.89. The van der Waals surface area contributed by atoms with E-state index in [1.54, 1.807) is 36.2 Å². The molecule has 7 nitrogen and oxygen atoms in total. The van der Waals surface area contributed by atoms with Crippen molar-refractivity contribution >= 4 is 17.6 Å². The van der Waals surface area contributed by atoms with Crippen molar-refractivity contribution in [1.29, 1.82) is 0 Å². The lowest BCUT2D eigenvalue weighted by atomic mass is 9.97. The van der Waals surface area contributed by atoms with Crippen molar-refractivity contribution in [3.8, 4) is 11.4 Å². The Bertz CT molecular complexity index is 858. The Kier molecular flexibility index (Phi) is 5.63. The molecule has 3 rings (SSSR count). The summed E-state index contributed by atoms with van der Waals surface area (Å²) in [4.78, 5) is 34.2. The van der Waals surface area contributed by atoms with E-state index in [1.165, 1.54) is 0 Å². The minimum Gasteiger partial charge on any atom is -0.371 e. The fraction of sp³-hybridized carbons (Fsp3) is 0.368. The third-order valence-corrected chi connectivity index (χ3v) is 4.67. The highest BCUT2D eigenvalue weighted by Gasteiger charge is 2.28. The molecule has 1 fully saturated rings. The third-order valence-electron chi connectivity index (χ3n) is 4.67. The van der Waals surface area contributed by atoms with Gasteiger partial charge in [-0.25, -0.2) is 14.4 Å². The van der Waals surface area contributed by atoms with Crippen LogP contribution in [-0.2, 0) is 4.79 Å². The number of halogens is 1. The fourth-order valence-corrected chi connectivity index (χ4v) is 3.35. The molecule has 0 aliphatic carbocycles. The molecule has 8 heteroatoms. The smallest absolute Gasteiger partial charge is 0.254 e. The van der Waals surface area contributed by atoms with Crippen LogP contribution in [0.3, 0.4) is 0 Å². The van der Waals surface area contributed by atoms with Gasteiger partial charge in [-0.15, -0.1) is 0 Å². The molecule has 0 unspecified atom stereocenters. The van der Waals surface area contributed by atoms with Crippen LogP contribution in [0.1, 0.15) is 36.0 Å². The Labute approximate surface area is 156 Å². The van der Waals surface area contributed by atoms with Crippen molar-refractivity contribution in [3.05, 3.63) is 41.8 Å². The second kappa shape index (κ2) is 8.11. The molecule has 2 amide bonds. The van der Waals surface area contributed by atoms with Crippen molar-refractivity contribution in [3.63, 3.8) is 0 Å². The van der Waals surface area contributed by atoms with Crippen molar-refractivity contribution in [2.45, 2.75) is 31.7 Å². The van der Waals surface area contributed by atoms with Gasteiger partial charge in [0.1, 0.15) is 0 Å². The number of nitrogens with zero attached hydrogens (tertiary/aromatic N) is 3. The van der Waals surface area contributed by atoms with Gasteiger partial charge in [0.15, 0.2) is 17.5 Å². The lowest BCUT2D eigenvalue weighted by Gasteiger charge is -2.35. The van der Waals surface area contributed by atoms with Gasteiger partial charge in [-0.05, 0) is 31.4 Å². The predicted molar refractivity (Wildman–Crippen MR) is 99.5 cm³/mol. The quantitative estimate of drug-likeness (QED) is 0.839. The van der Waals surface area contributed by atoms with Gasteiger partial charge in [-0.3, -0.25) is 9.59 Å². The zero-order valence-corrected chi connectivity index (χ0v) is 15.1. The number of hydrogen-bond donors (Lipinski definition) is 2. The highest BCUT2D eigenvalue weighted by Crippen LogP contribution is 2.24. The van der Waals surface area contributed by atoms with E-state index in [1.807, 2.05) is 0 Å². The molecule has 0 radical (unpaired) electrons. The topological polar surface area (TPSA) is 101 Å². The molecule has 0 spiro atoms. The predicted octanol–water partition coefficient (Wildman–Crippen LogP) is 2.19. The summed E-state index contributed by atoms with van der Waals surface area (Å²) in [6.45, 7) is 0.595. The molecule has 2 aromatic rings. The van der Waals surface area contributed by atoms with Crippen LogP contribution in [0.15, 0.2) is 30.5 Å². The Hall–Kier alpha value is -3.03. The SMILES string of the molecule is CNc1nc(-c2cccc(C(=O)N3CCCC[C@H]3CC(N)=O)c2)ncc1F. The summed E-state index contributed by atoms with van der Waals surface area (Å²) < 4.78 is 13.6. The number of benzene rings is 1. The molecule has 1 aliphatic rings. The Morgan fingerprint density at radius 2 is 2.19 bits per heavy atom. The van der Waals surface area contributed by atoms with Gasteiger partial charge in [-0.1, -0.05) is 12.1 Å². The lowest BCUT2D eigenvalue weighted by molar-refractivity contribution is -0.119. The Morgan fingerprint density at radius 1 is 1.37 bits per heavy atom. The number of carbonyl (C=O) groups is 2. The molecule has 142 valence electrons. The van der Waals surface area contributed by atoms with Gasteiger partial charge < -0.3 is 16.0 Å². The van der Waals surface area contributed by atoms with E-state index in [0.717, 1.165) is 25.5 Å². The molecule has 27 heavy (non-hydrogen) atoms. The van der Waals surface area contributed by atoms with Crippen molar-refractivity contribution in [1.82, 2.24) is 14.9 Å². The first-order valence-corrected chi connectivity index (χ1v) is 8.89. The van der Waals surface area contributed by atoms with E-state index >= 15 is 0 Å². The molecule has 1 saturated heterocycles. The van der Waals surface area contributed by atoms with Gasteiger partial charge in [0.05, 0.1) is 6.20 Å². The molecular weight excluding hydrogens is 349 g/mol. The van der Waals surface area contributed by atoms with E-state index in [-0.39, 0.29) is 24.2 Å². The summed E-state index contributed by atoms with van der Waals surface area (Å²) in [6, 6.07) is 6.72. The van der Waals surface area contributed by atoms with Gasteiger partial charge in [0.2, 0.25) is 5.91 Å². The van der Waals surface area contributed by atoms with Crippen molar-refractivity contribution < 1.29 is 14.0 Å². The molecule has 3 N–H and O–H groups in total. The normalized spacial score (nSPS) is 16.8. The fourth-order valence-electron chi connectivity index (χ4n) is 3.35. The first-order valence-electron chi connectivity index (χ1n) is 8.89. The van der Waals surface area contributed by atoms with E-state index in [9.17, 15) is 14.0 Å². The average Bonchev–Trinajstić information content (AvgIpc) is 2.68. The zero-order chi connectivity index (χ0) is 19.4. The van der Waals surface area contributed by atoms with E-state index in [2.05, 4.69) is 15.3 Å². The van der Waals surface area contributed by atoms with Crippen molar-refractivity contribution in [2.75, 3.05) is 18.9 Å². The highest BCUT2D eigenvalue weighted by atomic mass is 19.1. The minimum absolute atomic E-state index is 0.0919. The van der Waals surface area contributed by atoms with Crippen LogP contribution in [0.25, 0.3) is 11.4 Å². The Morgan fingerprint density at radius 3 is 2.93 bits per heavy atom. The van der Waals surface area contributed by atoms with Gasteiger partial charge in [0, 0.05) is 37.2 Å². The average molecular weight is 371 g/mol. The number of anilines is 1. The lowest BCUT2D eigenvalue weighted by Crippen LogP contribution is -2.45. The van der Waals surface area contributed by atoms with Crippen LogP contribution in [0, 0.1) is 5.82 Å². The van der Waals surface area contributed by atoms with Crippen LogP contribution in [-0.4, -0.2) is 46.3 Å². The largest absolute Gasteiger partial charge is 0.371 e. The number of nitrogens with two attached hydrogens (primary N) is 1. The summed E-state index contributed by atoms with van der Waals surface area (Å²) >= 11 is 0. The summed E-state index contributed by atoms with van der Waals surface area (Å²) in [7, 11) is 1.57. The second-order valence-electron chi connectivity index (χ2n) is 6.54. The highest BCUT2D eigenvalue weighted by molar-refractivity contribution is 5.96. The molecule has 0 saturated carbocycles. The first-order chi connectivity index (χ1) is 13.0. The van der Waals surface area contributed by atoms with Crippen LogP contribution in [0.2, 0.25) is 0 Å². The number of nitrogens with one attached hydrogen (secondary N) is 1. The molecular formula is C19H22FN5O2. The van der Waals surface area contributed by atoms with Gasteiger partial charge in [0.25, 0.3) is 5.91 Å². The maximum Gasteiger partial charge on any atom is 0.254 e. The maximum absolute atomic E-state index is 13.6. The monoisotopic (exact) mass is 371 g/mol. The van der Waals surface area contributed by atoms with Crippen molar-refractivity contribution in [2.24, 2.45) is 5.73 Å². The van der Waals surface area contributed by atoms with Crippen LogP contribution < -0.4 is 11.1 Å². The van der Waals surface area contributed by atoms with E-state index in [0.29, 0.717) is 23.5 Å². The summed E-state index contributed by atoms with van der Waals surface area (Å²) in [5, 5.41) is 2.67. The number of piperidine rings is 1. The number of hydrogen-bond acceptors (Lipinski definition) is 5. The number of aromatic nitrogens is 2. The van der Waals surface area contributed by atoms with Gasteiger partial charge >= 0.3 is 0 Å². The van der Waals surface area contributed by atoms with Gasteiger partial charge in [-0.2, -0.15) is 0 Å². The standard InChI is InChI=1S/C19H22FN5O2/c1-22-18-15(20)11-23-17(24-18)12-5-4-6-13(9-12)19(27)25-8-3-2-7-14(25)10-16(21)26/h4-6,9,11,14H,2-3,7-8,10H2,1H3,(H2,21,26)(H,22,23,24)/t14-/m0/s1. The molecule has 1 aliphatic heterocycles. The summed E-state index contributed by atoms with van der Waals surface area (Å²) in [5.41, 5.74) is 6.42. The van der Waals surface area contributed by atoms with E-state index < -0.39 is 11.7 Å². The summed E-state index contributed by atoms with van der Waals surface area (Å²) in [5.74, 6) is -0.695. The number of rotatable bonds is 5. The number of primary amides is 1. The number of amides is 2. The first kappa shape index (κ1) is 18.8. The van der Waals surface area contributed by atoms with E-state index in [4.69, 9.17) is 5.73 Å². The zero-order valence-electron chi connectivity index (χ0n) is 15.1. The molecule has 2 heterocycles. The molecule has 1 aromatic heterocycles. The Balaban J connectivity index is 1.88. The minimum atomic E-state index is -0.545. The molecule has 0 bridgehead atoms.